The van der Waals surface area contributed by atoms with Crippen LogP contribution in [0.15, 0.2) is 24.3 Å². The van der Waals surface area contributed by atoms with Crippen molar-refractivity contribution < 1.29 is 14.3 Å². The van der Waals surface area contributed by atoms with Crippen LogP contribution in [0.2, 0.25) is 0 Å². The normalized spacial score (nSPS) is 28.4. The zero-order valence-corrected chi connectivity index (χ0v) is 14.8. The first-order valence-corrected chi connectivity index (χ1v) is 8.77. The second-order valence-corrected chi connectivity index (χ2v) is 7.02. The number of hydrogen-bond donors (Lipinski definition) is 1. The predicted octanol–water partition coefficient (Wildman–Crippen LogP) is 2.66. The van der Waals surface area contributed by atoms with Crippen LogP contribution in [-0.2, 0) is 9.59 Å². The van der Waals surface area contributed by atoms with E-state index in [1.54, 1.807) is 11.9 Å². The minimum absolute atomic E-state index is 0.110. The van der Waals surface area contributed by atoms with E-state index >= 15 is 0 Å². The quantitative estimate of drug-likeness (QED) is 0.864. The van der Waals surface area contributed by atoms with E-state index in [1.165, 1.54) is 0 Å². The molecule has 0 spiro atoms. The number of benzene rings is 1. The summed E-state index contributed by atoms with van der Waals surface area (Å²) in [4.78, 5) is 27.4. The molecular weight excluding hydrogens is 304 g/mol. The van der Waals surface area contributed by atoms with Crippen molar-refractivity contribution in [3.05, 3.63) is 29.8 Å². The highest BCUT2D eigenvalue weighted by Crippen LogP contribution is 2.49. The van der Waals surface area contributed by atoms with Crippen LogP contribution in [0.5, 0.6) is 5.75 Å². The number of carbonyl (C=O) groups excluding carboxylic acids is 2. The molecule has 1 aromatic rings. The number of ether oxygens (including phenoxy) is 1. The molecule has 3 atom stereocenters. The zero-order valence-electron chi connectivity index (χ0n) is 14.8. The Morgan fingerprint density at radius 1 is 1.38 bits per heavy atom. The van der Waals surface area contributed by atoms with Crippen LogP contribution in [0.4, 0.5) is 0 Å². The van der Waals surface area contributed by atoms with Gasteiger partial charge in [0, 0.05) is 25.4 Å². The highest BCUT2D eigenvalue weighted by Gasteiger charge is 2.54. The van der Waals surface area contributed by atoms with Gasteiger partial charge in [0.25, 0.3) is 0 Å². The Morgan fingerprint density at radius 3 is 2.71 bits per heavy atom. The Morgan fingerprint density at radius 2 is 2.04 bits per heavy atom. The minimum atomic E-state index is -0.693. The second kappa shape index (κ2) is 6.11. The molecule has 0 aromatic heterocycles. The monoisotopic (exact) mass is 330 g/mol. The van der Waals surface area contributed by atoms with Crippen molar-refractivity contribution in [2.24, 2.45) is 5.92 Å². The number of nitrogens with one attached hydrogen (secondary N) is 1. The summed E-state index contributed by atoms with van der Waals surface area (Å²) in [6, 6.07) is 7.85. The van der Waals surface area contributed by atoms with E-state index in [9.17, 15) is 9.59 Å². The minimum Gasteiger partial charge on any atom is -0.468 e. The zero-order chi connectivity index (χ0) is 17.5. The number of piperidine rings is 1. The van der Waals surface area contributed by atoms with Crippen molar-refractivity contribution in [1.29, 1.82) is 0 Å². The first kappa shape index (κ1) is 16.8. The van der Waals surface area contributed by atoms with Crippen LogP contribution in [0.1, 0.15) is 51.5 Å². The molecule has 5 nitrogen and oxygen atoms in total. The van der Waals surface area contributed by atoms with Crippen molar-refractivity contribution in [2.45, 2.75) is 57.7 Å². The topological polar surface area (TPSA) is 58.6 Å². The molecule has 2 aliphatic heterocycles. The number of hydrogen-bond acceptors (Lipinski definition) is 3. The summed E-state index contributed by atoms with van der Waals surface area (Å²) in [5, 5.41) is 3.06. The number of nitrogens with zero attached hydrogens (tertiary/aromatic N) is 1. The van der Waals surface area contributed by atoms with Crippen LogP contribution >= 0.6 is 0 Å². The number of likely N-dealkylation sites (tertiary alicyclic amines) is 1. The van der Waals surface area contributed by atoms with Crippen LogP contribution in [-0.4, -0.2) is 35.5 Å². The van der Waals surface area contributed by atoms with Gasteiger partial charge >= 0.3 is 0 Å². The van der Waals surface area contributed by atoms with Gasteiger partial charge in [-0.05, 0) is 31.4 Å². The highest BCUT2D eigenvalue weighted by molar-refractivity contribution is 6.02. The molecule has 3 unspecified atom stereocenters. The largest absolute Gasteiger partial charge is 0.468 e. The van der Waals surface area contributed by atoms with Crippen LogP contribution in [0.3, 0.4) is 0 Å². The lowest BCUT2D eigenvalue weighted by Crippen LogP contribution is -2.63. The van der Waals surface area contributed by atoms with Crippen LogP contribution < -0.4 is 10.1 Å². The molecule has 1 N–H and O–H groups in total. The molecule has 3 rings (SSSR count). The predicted molar refractivity (Wildman–Crippen MR) is 91.6 cm³/mol. The maximum absolute atomic E-state index is 12.9. The molecule has 1 aromatic carbocycles. The Bertz CT molecular complexity index is 656. The Kier molecular flexibility index (Phi) is 4.28. The highest BCUT2D eigenvalue weighted by atomic mass is 16.5. The fourth-order valence-electron chi connectivity index (χ4n) is 3.87. The van der Waals surface area contributed by atoms with Gasteiger partial charge < -0.3 is 15.0 Å². The van der Waals surface area contributed by atoms with Gasteiger partial charge in [0.05, 0.1) is 0 Å². The van der Waals surface area contributed by atoms with Crippen molar-refractivity contribution in [1.82, 2.24) is 10.2 Å². The third-order valence-corrected chi connectivity index (χ3v) is 5.57. The summed E-state index contributed by atoms with van der Waals surface area (Å²) in [6.07, 6.45) is 2.36. The molecule has 1 saturated heterocycles. The van der Waals surface area contributed by atoms with E-state index in [1.807, 2.05) is 45.0 Å². The Balaban J connectivity index is 1.98. The summed E-state index contributed by atoms with van der Waals surface area (Å²) in [6.45, 7) is 6.01. The molecule has 2 bridgehead atoms. The molecule has 130 valence electrons. The maximum atomic E-state index is 12.9. The summed E-state index contributed by atoms with van der Waals surface area (Å²) < 4.78 is 6.10. The van der Waals surface area contributed by atoms with Gasteiger partial charge in [0.1, 0.15) is 11.7 Å². The van der Waals surface area contributed by atoms with E-state index in [2.05, 4.69) is 5.32 Å². The summed E-state index contributed by atoms with van der Waals surface area (Å²) >= 11 is 0. The molecular formula is C19H26N2O3. The number of rotatable bonds is 4. The Hall–Kier alpha value is -2.04. The van der Waals surface area contributed by atoms with E-state index in [0.29, 0.717) is 6.42 Å². The van der Waals surface area contributed by atoms with E-state index in [4.69, 9.17) is 4.74 Å². The first-order valence-electron chi connectivity index (χ1n) is 8.77. The van der Waals surface area contributed by atoms with E-state index in [-0.39, 0.29) is 23.8 Å². The molecule has 0 aliphatic carbocycles. The molecule has 0 radical (unpaired) electrons. The molecule has 2 heterocycles. The molecule has 1 fully saturated rings. The average molecular weight is 330 g/mol. The standard InChI is InChI=1S/C19H26N2O3/c1-5-12(6-2)20-17(22)16-14-11-19(3,21(4)18(16)23)24-15-10-8-7-9-13(14)15/h7-10,12,14,16H,5-6,11H2,1-4H3,(H,20,22). The molecule has 2 amide bonds. The van der Waals surface area contributed by atoms with Gasteiger partial charge in [-0.1, -0.05) is 32.0 Å². The van der Waals surface area contributed by atoms with Gasteiger partial charge in [-0.3, -0.25) is 9.59 Å². The molecule has 0 saturated carbocycles. The summed E-state index contributed by atoms with van der Waals surface area (Å²) in [5.41, 5.74) is 0.267. The van der Waals surface area contributed by atoms with Gasteiger partial charge in [-0.2, -0.15) is 0 Å². The fraction of sp³-hybridized carbons (Fsp3) is 0.579. The number of amides is 2. The van der Waals surface area contributed by atoms with E-state index in [0.717, 1.165) is 24.2 Å². The van der Waals surface area contributed by atoms with Gasteiger partial charge in [0.15, 0.2) is 5.72 Å². The molecule has 5 heteroatoms. The lowest BCUT2D eigenvalue weighted by Gasteiger charge is -2.51. The Labute approximate surface area is 143 Å². The number of fused-ring (bicyclic) bond motifs is 4. The second-order valence-electron chi connectivity index (χ2n) is 7.02. The average Bonchev–Trinajstić information content (AvgIpc) is 2.57. The summed E-state index contributed by atoms with van der Waals surface area (Å²) in [5.74, 6) is -0.376. The number of carbonyl (C=O) groups is 2. The van der Waals surface area contributed by atoms with Crippen LogP contribution in [0, 0.1) is 5.92 Å². The lowest BCUT2D eigenvalue weighted by atomic mass is 9.73. The number of para-hydroxylation sites is 1. The fourth-order valence-corrected chi connectivity index (χ4v) is 3.87. The van der Waals surface area contributed by atoms with Crippen molar-refractivity contribution in [2.75, 3.05) is 7.05 Å². The third kappa shape index (κ3) is 2.56. The first-order chi connectivity index (χ1) is 11.4. The van der Waals surface area contributed by atoms with Gasteiger partial charge in [-0.15, -0.1) is 0 Å². The van der Waals surface area contributed by atoms with E-state index < -0.39 is 11.6 Å². The lowest BCUT2D eigenvalue weighted by molar-refractivity contribution is -0.171. The molecule has 24 heavy (non-hydrogen) atoms. The summed E-state index contributed by atoms with van der Waals surface area (Å²) in [7, 11) is 1.73. The van der Waals surface area contributed by atoms with Gasteiger partial charge in [-0.25, -0.2) is 0 Å². The maximum Gasteiger partial charge on any atom is 0.238 e. The smallest absolute Gasteiger partial charge is 0.238 e. The SMILES string of the molecule is CCC(CC)NC(=O)C1C(=O)N(C)C2(C)CC1c1ccccc1O2. The van der Waals surface area contributed by atoms with Crippen LogP contribution in [0.25, 0.3) is 0 Å². The van der Waals surface area contributed by atoms with Crippen molar-refractivity contribution in [3.63, 3.8) is 0 Å². The van der Waals surface area contributed by atoms with Crippen molar-refractivity contribution >= 4 is 11.8 Å². The third-order valence-electron chi connectivity index (χ3n) is 5.57. The van der Waals surface area contributed by atoms with Crippen molar-refractivity contribution in [3.8, 4) is 5.75 Å². The van der Waals surface area contributed by atoms with Gasteiger partial charge in [0.2, 0.25) is 11.8 Å². The molecule has 2 aliphatic rings.